The van der Waals surface area contributed by atoms with Crippen LogP contribution < -0.4 is 0 Å². The van der Waals surface area contributed by atoms with Crippen molar-refractivity contribution in [2.45, 2.75) is 64.5 Å². The Kier molecular flexibility index (Phi) is 9.43. The van der Waals surface area contributed by atoms with Gasteiger partial charge in [-0.15, -0.1) is 23.2 Å². The minimum Gasteiger partial charge on any atom is -0.465 e. The summed E-state index contributed by atoms with van der Waals surface area (Å²) in [7, 11) is 1.38. The molecule has 1 fully saturated rings. The third-order valence-electron chi connectivity index (χ3n) is 5.08. The highest BCUT2D eigenvalue weighted by Crippen LogP contribution is 2.23. The largest absolute Gasteiger partial charge is 0.465 e. The Morgan fingerprint density at radius 1 is 1.45 bits per heavy atom. The van der Waals surface area contributed by atoms with Gasteiger partial charge >= 0.3 is 5.97 Å². The summed E-state index contributed by atoms with van der Waals surface area (Å²) in [6.45, 7) is 4.67. The molecule has 5 nitrogen and oxygen atoms in total. The summed E-state index contributed by atoms with van der Waals surface area (Å²) < 4.78 is 4.74. The molecular formula is C23H31NO4S. The van der Waals surface area contributed by atoms with Crippen molar-refractivity contribution in [2.75, 3.05) is 13.7 Å². The van der Waals surface area contributed by atoms with Crippen LogP contribution in [0.25, 0.3) is 0 Å². The fourth-order valence-electron chi connectivity index (χ4n) is 3.30. The van der Waals surface area contributed by atoms with Crippen LogP contribution >= 0.6 is 11.3 Å². The summed E-state index contributed by atoms with van der Waals surface area (Å²) in [4.78, 5) is 27.4. The second kappa shape index (κ2) is 11.8. The van der Waals surface area contributed by atoms with Gasteiger partial charge in [-0.05, 0) is 37.3 Å². The maximum atomic E-state index is 12.3. The number of amides is 1. The van der Waals surface area contributed by atoms with E-state index >= 15 is 0 Å². The maximum Gasteiger partial charge on any atom is 0.348 e. The molecule has 2 rings (SSSR count). The van der Waals surface area contributed by atoms with Crippen molar-refractivity contribution >= 4 is 23.2 Å². The van der Waals surface area contributed by atoms with Crippen LogP contribution in [0.2, 0.25) is 0 Å². The highest BCUT2D eigenvalue weighted by Gasteiger charge is 2.28. The van der Waals surface area contributed by atoms with Crippen molar-refractivity contribution in [3.05, 3.63) is 34.0 Å². The molecule has 1 aliphatic heterocycles. The van der Waals surface area contributed by atoms with Crippen molar-refractivity contribution in [3.8, 4) is 11.8 Å². The molecule has 3 atom stereocenters. The fourth-order valence-corrected chi connectivity index (χ4v) is 4.27. The number of aliphatic hydroxyl groups excluding tert-OH is 1. The molecule has 2 unspecified atom stereocenters. The molecule has 0 bridgehead atoms. The molecule has 1 amide bonds. The SMILES string of the molecule is CCC#CCC(C)[C@H](O)C=CC1CCC(=O)N1CCCc1ccc(C(=O)OC)s1. The smallest absolute Gasteiger partial charge is 0.348 e. The van der Waals surface area contributed by atoms with Gasteiger partial charge in [0.25, 0.3) is 0 Å². The summed E-state index contributed by atoms with van der Waals surface area (Å²) in [5, 5.41) is 10.3. The van der Waals surface area contributed by atoms with E-state index in [1.165, 1.54) is 18.4 Å². The quantitative estimate of drug-likeness (QED) is 0.377. The van der Waals surface area contributed by atoms with E-state index in [9.17, 15) is 14.7 Å². The summed E-state index contributed by atoms with van der Waals surface area (Å²) in [6.07, 6.45) is 7.72. The molecule has 1 aliphatic rings. The molecule has 1 N–H and O–H groups in total. The molecule has 0 radical (unpaired) electrons. The van der Waals surface area contributed by atoms with Crippen LogP contribution in [-0.4, -0.2) is 47.7 Å². The Hall–Kier alpha value is -2.10. The Morgan fingerprint density at radius 3 is 2.97 bits per heavy atom. The van der Waals surface area contributed by atoms with E-state index in [4.69, 9.17) is 4.74 Å². The van der Waals surface area contributed by atoms with Gasteiger partial charge in [0.15, 0.2) is 0 Å². The molecule has 158 valence electrons. The van der Waals surface area contributed by atoms with E-state index < -0.39 is 6.10 Å². The van der Waals surface area contributed by atoms with Crippen LogP contribution in [0.1, 0.15) is 60.5 Å². The first-order valence-electron chi connectivity index (χ1n) is 10.2. The highest BCUT2D eigenvalue weighted by molar-refractivity contribution is 7.13. The molecule has 0 aliphatic carbocycles. The number of esters is 1. The van der Waals surface area contributed by atoms with Crippen molar-refractivity contribution < 1.29 is 19.4 Å². The number of thiophene rings is 1. The predicted octanol–water partition coefficient (Wildman–Crippen LogP) is 3.82. The molecule has 0 saturated carbocycles. The highest BCUT2D eigenvalue weighted by atomic mass is 32.1. The van der Waals surface area contributed by atoms with Crippen LogP contribution in [0.5, 0.6) is 0 Å². The lowest BCUT2D eigenvalue weighted by atomic mass is 10.00. The monoisotopic (exact) mass is 417 g/mol. The molecule has 1 aromatic heterocycles. The van der Waals surface area contributed by atoms with Crippen LogP contribution in [0, 0.1) is 17.8 Å². The average Bonchev–Trinajstić information content (AvgIpc) is 3.33. The molecule has 0 spiro atoms. The Balaban J connectivity index is 1.85. The summed E-state index contributed by atoms with van der Waals surface area (Å²) >= 11 is 1.44. The number of likely N-dealkylation sites (tertiary alicyclic amines) is 1. The van der Waals surface area contributed by atoms with Gasteiger partial charge in [0.1, 0.15) is 4.88 Å². The van der Waals surface area contributed by atoms with Gasteiger partial charge in [-0.25, -0.2) is 4.79 Å². The lowest BCUT2D eigenvalue weighted by Crippen LogP contribution is -2.33. The predicted molar refractivity (Wildman–Crippen MR) is 116 cm³/mol. The zero-order chi connectivity index (χ0) is 21.2. The number of carbonyl (C=O) groups excluding carboxylic acids is 2. The number of methoxy groups -OCH3 is 1. The Bertz CT molecular complexity index is 773. The van der Waals surface area contributed by atoms with Crippen LogP contribution in [-0.2, 0) is 16.0 Å². The van der Waals surface area contributed by atoms with Gasteiger partial charge in [-0.1, -0.05) is 26.0 Å². The molecular weight excluding hydrogens is 386 g/mol. The van der Waals surface area contributed by atoms with E-state index in [2.05, 4.69) is 11.8 Å². The van der Waals surface area contributed by atoms with Crippen LogP contribution in [0.15, 0.2) is 24.3 Å². The van der Waals surface area contributed by atoms with Crippen molar-refractivity contribution in [3.63, 3.8) is 0 Å². The van der Waals surface area contributed by atoms with Gasteiger partial charge in [-0.2, -0.15) is 0 Å². The first-order valence-corrected chi connectivity index (χ1v) is 11.1. The van der Waals surface area contributed by atoms with Crippen molar-refractivity contribution in [1.82, 2.24) is 4.90 Å². The van der Waals surface area contributed by atoms with Crippen molar-refractivity contribution in [1.29, 1.82) is 0 Å². The fraction of sp³-hybridized carbons (Fsp3) is 0.565. The standard InChI is InChI=1S/C23H31NO4S/c1-4-5-6-8-17(2)20(25)13-10-18-11-15-22(26)24(18)16-7-9-19-12-14-21(29-19)23(27)28-3/h10,12-14,17-18,20,25H,4,7-9,11,15-16H2,1-3H3/t17?,18?,20-/m1/s1. The van der Waals surface area contributed by atoms with E-state index in [-0.39, 0.29) is 23.8 Å². The average molecular weight is 418 g/mol. The number of aliphatic hydroxyl groups is 1. The lowest BCUT2D eigenvalue weighted by molar-refractivity contribution is -0.128. The first kappa shape index (κ1) is 23.2. The second-order valence-corrected chi connectivity index (χ2v) is 8.49. The first-order chi connectivity index (χ1) is 14.0. The number of carbonyl (C=O) groups is 2. The third kappa shape index (κ3) is 7.02. The summed E-state index contributed by atoms with van der Waals surface area (Å²) in [6, 6.07) is 3.77. The van der Waals surface area contributed by atoms with Crippen LogP contribution in [0.3, 0.4) is 0 Å². The zero-order valence-electron chi connectivity index (χ0n) is 17.5. The molecule has 1 aromatic rings. The summed E-state index contributed by atoms with van der Waals surface area (Å²) in [5.74, 6) is 6.03. The van der Waals surface area contributed by atoms with Gasteiger partial charge in [0, 0.05) is 30.7 Å². The van der Waals surface area contributed by atoms with Gasteiger partial charge < -0.3 is 14.7 Å². The topological polar surface area (TPSA) is 66.8 Å². The minimum atomic E-state index is -0.554. The minimum absolute atomic E-state index is 0.0417. The van der Waals surface area contributed by atoms with Gasteiger partial charge in [0.05, 0.1) is 19.3 Å². The number of ether oxygens (including phenoxy) is 1. The Labute approximate surface area is 177 Å². The molecule has 6 heteroatoms. The zero-order valence-corrected chi connectivity index (χ0v) is 18.3. The normalized spacial score (nSPS) is 18.6. The summed E-state index contributed by atoms with van der Waals surface area (Å²) in [5.41, 5.74) is 0. The molecule has 1 saturated heterocycles. The van der Waals surface area contributed by atoms with Gasteiger partial charge in [-0.3, -0.25) is 4.79 Å². The van der Waals surface area contributed by atoms with E-state index in [0.29, 0.717) is 24.3 Å². The van der Waals surface area contributed by atoms with E-state index in [1.807, 2.05) is 37.0 Å². The van der Waals surface area contributed by atoms with E-state index in [0.717, 1.165) is 30.6 Å². The second-order valence-electron chi connectivity index (χ2n) is 7.32. The number of aryl methyl sites for hydroxylation is 1. The number of hydrogen-bond donors (Lipinski definition) is 1. The van der Waals surface area contributed by atoms with Crippen molar-refractivity contribution in [2.24, 2.45) is 5.92 Å². The number of nitrogens with zero attached hydrogens (tertiary/aromatic N) is 1. The molecule has 29 heavy (non-hydrogen) atoms. The molecule has 0 aromatic carbocycles. The van der Waals surface area contributed by atoms with Crippen LogP contribution in [0.4, 0.5) is 0 Å². The number of rotatable bonds is 9. The lowest BCUT2D eigenvalue weighted by Gasteiger charge is -2.23. The van der Waals surface area contributed by atoms with Gasteiger partial charge in [0.2, 0.25) is 5.91 Å². The number of hydrogen-bond acceptors (Lipinski definition) is 5. The third-order valence-corrected chi connectivity index (χ3v) is 6.21. The maximum absolute atomic E-state index is 12.3. The molecule has 2 heterocycles. The van der Waals surface area contributed by atoms with E-state index in [1.54, 1.807) is 6.07 Å². The Morgan fingerprint density at radius 2 is 2.24 bits per heavy atom.